The third-order valence-corrected chi connectivity index (χ3v) is 2.30. The number of hydrogen-bond donors (Lipinski definition) is 1. The Morgan fingerprint density at radius 3 is 2.65 bits per heavy atom. The van der Waals surface area contributed by atoms with Crippen molar-refractivity contribution < 1.29 is 14.3 Å². The van der Waals surface area contributed by atoms with Gasteiger partial charge in [0.15, 0.2) is 0 Å². The molecule has 17 heavy (non-hydrogen) atoms. The van der Waals surface area contributed by atoms with Crippen molar-refractivity contribution in [1.82, 2.24) is 0 Å². The van der Waals surface area contributed by atoms with E-state index in [4.69, 9.17) is 15.2 Å². The van der Waals surface area contributed by atoms with Crippen molar-refractivity contribution in [3.8, 4) is 5.75 Å². The Kier molecular flexibility index (Phi) is 5.33. The second kappa shape index (κ2) is 6.78. The van der Waals surface area contributed by atoms with E-state index >= 15 is 0 Å². The highest BCUT2D eigenvalue weighted by Crippen LogP contribution is 2.23. The van der Waals surface area contributed by atoms with E-state index in [9.17, 15) is 4.79 Å². The Morgan fingerprint density at radius 2 is 2.06 bits per heavy atom. The van der Waals surface area contributed by atoms with E-state index < -0.39 is 0 Å². The maximum Gasteiger partial charge on any atom is 0.306 e. The van der Waals surface area contributed by atoms with Crippen molar-refractivity contribution in [2.24, 2.45) is 0 Å². The summed E-state index contributed by atoms with van der Waals surface area (Å²) in [4.78, 5) is 11.2. The number of aryl methyl sites for hydroxylation is 1. The van der Waals surface area contributed by atoms with Gasteiger partial charge in [0.1, 0.15) is 5.75 Å². The van der Waals surface area contributed by atoms with Crippen molar-refractivity contribution in [2.45, 2.75) is 26.7 Å². The number of carbonyl (C=O) groups is 1. The zero-order valence-electron chi connectivity index (χ0n) is 10.4. The fourth-order valence-electron chi connectivity index (χ4n) is 1.52. The molecule has 0 unspecified atom stereocenters. The summed E-state index contributed by atoms with van der Waals surface area (Å²) in [5.41, 5.74) is 7.45. The third kappa shape index (κ3) is 4.34. The summed E-state index contributed by atoms with van der Waals surface area (Å²) >= 11 is 0. The van der Waals surface area contributed by atoms with Crippen molar-refractivity contribution in [2.75, 3.05) is 18.9 Å². The molecular formula is C13H19NO3. The molecule has 1 aromatic rings. The number of anilines is 1. The Labute approximate surface area is 102 Å². The van der Waals surface area contributed by atoms with Crippen LogP contribution in [0.2, 0.25) is 0 Å². The number of carbonyl (C=O) groups excluding carboxylic acids is 1. The predicted octanol–water partition coefficient (Wildman–Crippen LogP) is 2.16. The van der Waals surface area contributed by atoms with E-state index in [-0.39, 0.29) is 5.97 Å². The first kappa shape index (κ1) is 13.4. The van der Waals surface area contributed by atoms with Gasteiger partial charge in [0.05, 0.1) is 18.9 Å². The first-order valence-corrected chi connectivity index (χ1v) is 5.84. The Hall–Kier alpha value is -1.71. The fraction of sp³-hybridized carbons (Fsp3) is 0.462. The number of ether oxygens (including phenoxy) is 2. The van der Waals surface area contributed by atoms with Gasteiger partial charge in [-0.1, -0.05) is 6.07 Å². The van der Waals surface area contributed by atoms with Crippen molar-refractivity contribution in [1.29, 1.82) is 0 Å². The van der Waals surface area contributed by atoms with Gasteiger partial charge in [0.25, 0.3) is 0 Å². The van der Waals surface area contributed by atoms with Gasteiger partial charge in [-0.2, -0.15) is 0 Å². The lowest BCUT2D eigenvalue weighted by Crippen LogP contribution is -2.05. The lowest BCUT2D eigenvalue weighted by molar-refractivity contribution is -0.143. The molecule has 0 aromatic heterocycles. The molecule has 94 valence electrons. The molecule has 0 aliphatic heterocycles. The molecule has 0 bridgehead atoms. The molecule has 0 aliphatic carbocycles. The van der Waals surface area contributed by atoms with Crippen LogP contribution in [-0.4, -0.2) is 19.2 Å². The molecule has 1 aromatic carbocycles. The SMILES string of the molecule is CCOC(=O)CCc1ccc(OCC)c(N)c1. The number of hydrogen-bond acceptors (Lipinski definition) is 4. The maximum absolute atomic E-state index is 11.2. The number of nitrogen functional groups attached to an aromatic ring is 1. The Morgan fingerprint density at radius 1 is 1.29 bits per heavy atom. The summed E-state index contributed by atoms with van der Waals surface area (Å²) in [6, 6.07) is 5.59. The predicted molar refractivity (Wildman–Crippen MR) is 67.0 cm³/mol. The van der Waals surface area contributed by atoms with Crippen LogP contribution in [-0.2, 0) is 16.0 Å². The third-order valence-electron chi connectivity index (χ3n) is 2.30. The first-order valence-electron chi connectivity index (χ1n) is 5.84. The second-order valence-corrected chi connectivity index (χ2v) is 3.61. The maximum atomic E-state index is 11.2. The summed E-state index contributed by atoms with van der Waals surface area (Å²) in [5.74, 6) is 0.507. The lowest BCUT2D eigenvalue weighted by Gasteiger charge is -2.08. The van der Waals surface area contributed by atoms with Crippen molar-refractivity contribution in [3.63, 3.8) is 0 Å². The van der Waals surface area contributed by atoms with Gasteiger partial charge in [0, 0.05) is 6.42 Å². The molecule has 1 rings (SSSR count). The molecule has 0 amide bonds. The Bertz CT molecular complexity index is 377. The summed E-state index contributed by atoms with van der Waals surface area (Å²) in [6.07, 6.45) is 1.01. The molecule has 0 fully saturated rings. The number of nitrogens with two attached hydrogens (primary N) is 1. The second-order valence-electron chi connectivity index (χ2n) is 3.61. The largest absolute Gasteiger partial charge is 0.492 e. The van der Waals surface area contributed by atoms with Crippen LogP contribution >= 0.6 is 0 Å². The smallest absolute Gasteiger partial charge is 0.306 e. The van der Waals surface area contributed by atoms with E-state index in [2.05, 4.69) is 0 Å². The van der Waals surface area contributed by atoms with Crippen LogP contribution in [0.4, 0.5) is 5.69 Å². The summed E-state index contributed by atoms with van der Waals surface area (Å²) in [6.45, 7) is 4.72. The van der Waals surface area contributed by atoms with Crippen LogP contribution in [0.15, 0.2) is 18.2 Å². The van der Waals surface area contributed by atoms with E-state index in [0.29, 0.717) is 37.5 Å². The lowest BCUT2D eigenvalue weighted by atomic mass is 10.1. The fourth-order valence-corrected chi connectivity index (χ4v) is 1.52. The highest BCUT2D eigenvalue weighted by atomic mass is 16.5. The van der Waals surface area contributed by atoms with Gasteiger partial charge < -0.3 is 15.2 Å². The molecule has 4 heteroatoms. The standard InChI is InChI=1S/C13H19NO3/c1-3-16-12-7-5-10(9-11(12)14)6-8-13(15)17-4-2/h5,7,9H,3-4,6,8,14H2,1-2H3. The normalized spacial score (nSPS) is 10.0. The first-order chi connectivity index (χ1) is 8.17. The van der Waals surface area contributed by atoms with Gasteiger partial charge in [-0.15, -0.1) is 0 Å². The molecule has 2 N–H and O–H groups in total. The molecular weight excluding hydrogens is 218 g/mol. The molecule has 0 aliphatic rings. The molecule has 0 heterocycles. The van der Waals surface area contributed by atoms with E-state index in [0.717, 1.165) is 5.56 Å². The van der Waals surface area contributed by atoms with Crippen molar-refractivity contribution >= 4 is 11.7 Å². The van der Waals surface area contributed by atoms with Crippen LogP contribution in [0, 0.1) is 0 Å². The van der Waals surface area contributed by atoms with E-state index in [1.807, 2.05) is 25.1 Å². The molecule has 0 radical (unpaired) electrons. The van der Waals surface area contributed by atoms with Gasteiger partial charge >= 0.3 is 5.97 Å². The van der Waals surface area contributed by atoms with Gasteiger partial charge in [-0.25, -0.2) is 0 Å². The molecule has 0 spiro atoms. The van der Waals surface area contributed by atoms with E-state index in [1.54, 1.807) is 6.92 Å². The van der Waals surface area contributed by atoms with Gasteiger partial charge in [0.2, 0.25) is 0 Å². The average molecular weight is 237 g/mol. The topological polar surface area (TPSA) is 61.5 Å². The van der Waals surface area contributed by atoms with Crippen LogP contribution < -0.4 is 10.5 Å². The summed E-state index contributed by atoms with van der Waals surface area (Å²) in [5, 5.41) is 0. The number of rotatable bonds is 6. The summed E-state index contributed by atoms with van der Waals surface area (Å²) < 4.78 is 10.2. The number of esters is 1. The zero-order valence-corrected chi connectivity index (χ0v) is 10.4. The van der Waals surface area contributed by atoms with Gasteiger partial charge in [-0.05, 0) is 38.0 Å². The van der Waals surface area contributed by atoms with E-state index in [1.165, 1.54) is 0 Å². The number of benzene rings is 1. The molecule has 0 saturated heterocycles. The quantitative estimate of drug-likeness (QED) is 0.608. The van der Waals surface area contributed by atoms with Crippen molar-refractivity contribution in [3.05, 3.63) is 23.8 Å². The highest BCUT2D eigenvalue weighted by Gasteiger charge is 2.05. The zero-order chi connectivity index (χ0) is 12.7. The summed E-state index contributed by atoms with van der Waals surface area (Å²) in [7, 11) is 0. The monoisotopic (exact) mass is 237 g/mol. The minimum absolute atomic E-state index is 0.181. The van der Waals surface area contributed by atoms with Crippen LogP contribution in [0.25, 0.3) is 0 Å². The molecule has 0 saturated carbocycles. The van der Waals surface area contributed by atoms with Gasteiger partial charge in [-0.3, -0.25) is 4.79 Å². The molecule has 4 nitrogen and oxygen atoms in total. The minimum atomic E-state index is -0.181. The van der Waals surface area contributed by atoms with Crippen LogP contribution in [0.1, 0.15) is 25.8 Å². The minimum Gasteiger partial charge on any atom is -0.492 e. The van der Waals surface area contributed by atoms with Crippen LogP contribution in [0.5, 0.6) is 5.75 Å². The highest BCUT2D eigenvalue weighted by molar-refractivity contribution is 5.69. The Balaban J connectivity index is 2.55. The average Bonchev–Trinajstić information content (AvgIpc) is 2.30. The molecule has 0 atom stereocenters. The van der Waals surface area contributed by atoms with Crippen LogP contribution in [0.3, 0.4) is 0 Å².